The SMILES string of the molecule is NC(=O)OCC(N)COc1noc2ccc(-c3ccccc3)cc12. The summed E-state index contributed by atoms with van der Waals surface area (Å²) in [6.45, 7) is 0.0882. The molecule has 1 unspecified atom stereocenters. The lowest BCUT2D eigenvalue weighted by Gasteiger charge is -2.11. The van der Waals surface area contributed by atoms with Gasteiger partial charge in [0.2, 0.25) is 0 Å². The zero-order chi connectivity index (χ0) is 16.9. The number of hydrogen-bond donors (Lipinski definition) is 2. The molecule has 124 valence electrons. The van der Waals surface area contributed by atoms with Gasteiger partial charge >= 0.3 is 6.09 Å². The van der Waals surface area contributed by atoms with Gasteiger partial charge in [-0.15, -0.1) is 0 Å². The fourth-order valence-corrected chi connectivity index (χ4v) is 2.25. The Morgan fingerprint density at radius 1 is 1.12 bits per heavy atom. The number of fused-ring (bicyclic) bond motifs is 1. The first-order valence-corrected chi connectivity index (χ1v) is 7.39. The van der Waals surface area contributed by atoms with E-state index in [9.17, 15) is 4.79 Å². The van der Waals surface area contributed by atoms with E-state index in [2.05, 4.69) is 9.89 Å². The normalized spacial score (nSPS) is 12.0. The molecule has 4 N–H and O–H groups in total. The van der Waals surface area contributed by atoms with Crippen LogP contribution < -0.4 is 16.2 Å². The van der Waals surface area contributed by atoms with Crippen LogP contribution in [0.25, 0.3) is 22.1 Å². The van der Waals surface area contributed by atoms with Crippen LogP contribution in [0.2, 0.25) is 0 Å². The van der Waals surface area contributed by atoms with Gasteiger partial charge in [0.05, 0.1) is 11.4 Å². The molecule has 0 saturated heterocycles. The average molecular weight is 327 g/mol. The molecular weight excluding hydrogens is 310 g/mol. The van der Waals surface area contributed by atoms with Crippen LogP contribution in [0.5, 0.6) is 5.88 Å². The minimum absolute atomic E-state index is 0.0274. The van der Waals surface area contributed by atoms with E-state index in [0.717, 1.165) is 16.5 Å². The summed E-state index contributed by atoms with van der Waals surface area (Å²) in [7, 11) is 0. The van der Waals surface area contributed by atoms with E-state index in [0.29, 0.717) is 11.5 Å². The van der Waals surface area contributed by atoms with Gasteiger partial charge in [-0.2, -0.15) is 0 Å². The maximum Gasteiger partial charge on any atom is 0.404 e. The molecular formula is C17H17N3O4. The number of aromatic nitrogens is 1. The molecule has 0 aliphatic heterocycles. The first-order chi connectivity index (χ1) is 11.6. The molecule has 1 amide bonds. The van der Waals surface area contributed by atoms with E-state index < -0.39 is 12.1 Å². The first kappa shape index (κ1) is 15.8. The van der Waals surface area contributed by atoms with E-state index >= 15 is 0 Å². The van der Waals surface area contributed by atoms with Crippen molar-refractivity contribution in [2.75, 3.05) is 13.2 Å². The standard InChI is InChI=1S/C17H17N3O4/c18-13(10-23-17(19)21)9-22-16-14-8-12(6-7-15(14)24-20-16)11-4-2-1-3-5-11/h1-8,13H,9-10,18H2,(H2,19,21). The molecule has 0 spiro atoms. The van der Waals surface area contributed by atoms with Crippen LogP contribution in [0.4, 0.5) is 4.79 Å². The van der Waals surface area contributed by atoms with Crippen LogP contribution in [-0.2, 0) is 4.74 Å². The van der Waals surface area contributed by atoms with Crippen molar-refractivity contribution in [1.29, 1.82) is 0 Å². The van der Waals surface area contributed by atoms with Gasteiger partial charge in [-0.3, -0.25) is 0 Å². The maximum absolute atomic E-state index is 10.6. The highest BCUT2D eigenvalue weighted by Crippen LogP contribution is 2.30. The highest BCUT2D eigenvalue weighted by Gasteiger charge is 2.13. The zero-order valence-corrected chi connectivity index (χ0v) is 12.8. The number of nitrogens with two attached hydrogens (primary N) is 2. The fraction of sp³-hybridized carbons (Fsp3) is 0.176. The molecule has 3 rings (SSSR count). The molecule has 7 heteroatoms. The number of ether oxygens (including phenoxy) is 2. The Labute approximate surface area is 138 Å². The van der Waals surface area contributed by atoms with Gasteiger partial charge in [0.25, 0.3) is 5.88 Å². The van der Waals surface area contributed by atoms with E-state index in [1.54, 1.807) is 0 Å². The summed E-state index contributed by atoms with van der Waals surface area (Å²) in [5.41, 5.74) is 13.4. The van der Waals surface area contributed by atoms with E-state index in [4.69, 9.17) is 20.7 Å². The van der Waals surface area contributed by atoms with Crippen molar-refractivity contribution in [1.82, 2.24) is 5.16 Å². The zero-order valence-electron chi connectivity index (χ0n) is 12.8. The predicted octanol–water partition coefficient (Wildman–Crippen LogP) is 2.30. The highest BCUT2D eigenvalue weighted by atomic mass is 16.6. The molecule has 3 aromatic rings. The Balaban J connectivity index is 1.75. The molecule has 0 fully saturated rings. The van der Waals surface area contributed by atoms with Crippen molar-refractivity contribution in [3.8, 4) is 17.0 Å². The average Bonchev–Trinajstić information content (AvgIpc) is 3.01. The Morgan fingerprint density at radius 3 is 2.67 bits per heavy atom. The van der Waals surface area contributed by atoms with Crippen molar-refractivity contribution in [3.05, 3.63) is 48.5 Å². The summed E-state index contributed by atoms with van der Waals surface area (Å²) in [5.74, 6) is 0.345. The first-order valence-electron chi connectivity index (χ1n) is 7.39. The quantitative estimate of drug-likeness (QED) is 0.718. The summed E-state index contributed by atoms with van der Waals surface area (Å²) < 4.78 is 15.5. The third-order valence-corrected chi connectivity index (χ3v) is 3.42. The van der Waals surface area contributed by atoms with Crippen LogP contribution in [0.15, 0.2) is 53.1 Å². The summed E-state index contributed by atoms with van der Waals surface area (Å²) in [4.78, 5) is 10.6. The molecule has 0 bridgehead atoms. The molecule has 1 aromatic heterocycles. The maximum atomic E-state index is 10.6. The van der Waals surface area contributed by atoms with Gasteiger partial charge < -0.3 is 25.5 Å². The number of amides is 1. The number of benzene rings is 2. The van der Waals surface area contributed by atoms with Crippen molar-refractivity contribution < 1.29 is 18.8 Å². The topological polar surface area (TPSA) is 114 Å². The monoisotopic (exact) mass is 327 g/mol. The van der Waals surface area contributed by atoms with Crippen LogP contribution in [0.1, 0.15) is 0 Å². The molecule has 2 aromatic carbocycles. The van der Waals surface area contributed by atoms with Gasteiger partial charge in [-0.25, -0.2) is 4.79 Å². The van der Waals surface area contributed by atoms with Crippen molar-refractivity contribution in [2.24, 2.45) is 11.5 Å². The van der Waals surface area contributed by atoms with Gasteiger partial charge in [0.1, 0.15) is 13.2 Å². The Hall–Kier alpha value is -3.06. The molecule has 0 radical (unpaired) electrons. The number of rotatable bonds is 6. The number of carbonyl (C=O) groups excluding carboxylic acids is 1. The molecule has 1 atom stereocenters. The molecule has 0 saturated carbocycles. The van der Waals surface area contributed by atoms with Gasteiger partial charge in [0.15, 0.2) is 5.58 Å². The number of primary amides is 1. The van der Waals surface area contributed by atoms with Crippen molar-refractivity contribution >= 4 is 17.1 Å². The molecule has 24 heavy (non-hydrogen) atoms. The lowest BCUT2D eigenvalue weighted by Crippen LogP contribution is -2.34. The van der Waals surface area contributed by atoms with E-state index in [1.165, 1.54) is 0 Å². The molecule has 7 nitrogen and oxygen atoms in total. The van der Waals surface area contributed by atoms with E-state index in [1.807, 2.05) is 48.5 Å². The smallest absolute Gasteiger partial charge is 0.404 e. The molecule has 1 heterocycles. The van der Waals surface area contributed by atoms with Crippen molar-refractivity contribution in [3.63, 3.8) is 0 Å². The summed E-state index contributed by atoms with van der Waals surface area (Å²) in [6, 6.07) is 15.2. The van der Waals surface area contributed by atoms with Crippen LogP contribution >= 0.6 is 0 Å². The third-order valence-electron chi connectivity index (χ3n) is 3.42. The Kier molecular flexibility index (Phi) is 4.62. The number of carbonyl (C=O) groups is 1. The second-order valence-electron chi connectivity index (χ2n) is 5.27. The predicted molar refractivity (Wildman–Crippen MR) is 88.5 cm³/mol. The largest absolute Gasteiger partial charge is 0.473 e. The van der Waals surface area contributed by atoms with Gasteiger partial charge in [0, 0.05) is 0 Å². The second-order valence-corrected chi connectivity index (χ2v) is 5.27. The Bertz CT molecular complexity index is 832. The second kappa shape index (κ2) is 7.01. The van der Waals surface area contributed by atoms with Gasteiger partial charge in [-0.1, -0.05) is 36.4 Å². The molecule has 0 aliphatic rings. The minimum Gasteiger partial charge on any atom is -0.473 e. The number of nitrogens with zero attached hydrogens (tertiary/aromatic N) is 1. The summed E-state index contributed by atoms with van der Waals surface area (Å²) in [5, 5.41) is 4.66. The van der Waals surface area contributed by atoms with Crippen LogP contribution in [0, 0.1) is 0 Å². The van der Waals surface area contributed by atoms with Crippen LogP contribution in [-0.4, -0.2) is 30.5 Å². The fourth-order valence-electron chi connectivity index (χ4n) is 2.25. The lowest BCUT2D eigenvalue weighted by atomic mass is 10.0. The summed E-state index contributed by atoms with van der Waals surface area (Å²) >= 11 is 0. The minimum atomic E-state index is -0.871. The summed E-state index contributed by atoms with van der Waals surface area (Å²) in [6.07, 6.45) is -0.871. The molecule has 0 aliphatic carbocycles. The van der Waals surface area contributed by atoms with Gasteiger partial charge in [-0.05, 0) is 28.4 Å². The Morgan fingerprint density at radius 2 is 1.92 bits per heavy atom. The van der Waals surface area contributed by atoms with Crippen LogP contribution in [0.3, 0.4) is 0 Å². The highest BCUT2D eigenvalue weighted by molar-refractivity contribution is 5.87. The number of hydrogen-bond acceptors (Lipinski definition) is 6. The lowest BCUT2D eigenvalue weighted by molar-refractivity contribution is 0.136. The third kappa shape index (κ3) is 3.64. The van der Waals surface area contributed by atoms with Crippen molar-refractivity contribution in [2.45, 2.75) is 6.04 Å². The van der Waals surface area contributed by atoms with E-state index in [-0.39, 0.29) is 13.2 Å².